The molecule has 12 heavy (non-hydrogen) atoms. The molecule has 0 aliphatic carbocycles. The number of carbonyl (C=O) groups is 1. The molecular formula is C7H9BrN2O2. The van der Waals surface area contributed by atoms with E-state index < -0.39 is 5.97 Å². The van der Waals surface area contributed by atoms with Gasteiger partial charge < -0.3 is 5.11 Å². The molecule has 1 aromatic heterocycles. The fourth-order valence-corrected chi connectivity index (χ4v) is 1.82. The molecule has 66 valence electrons. The minimum atomic E-state index is -0.937. The van der Waals surface area contributed by atoms with Crippen molar-refractivity contribution in [3.63, 3.8) is 0 Å². The van der Waals surface area contributed by atoms with E-state index in [1.54, 1.807) is 7.05 Å². The highest BCUT2D eigenvalue weighted by Crippen LogP contribution is 2.19. The molecule has 1 heterocycles. The molecule has 0 radical (unpaired) electrons. The Morgan fingerprint density at radius 1 is 1.75 bits per heavy atom. The average molecular weight is 233 g/mol. The van der Waals surface area contributed by atoms with E-state index >= 15 is 0 Å². The number of carboxylic acid groups (broad SMARTS) is 1. The third kappa shape index (κ3) is 1.36. The topological polar surface area (TPSA) is 55.1 Å². The van der Waals surface area contributed by atoms with Gasteiger partial charge in [-0.2, -0.15) is 5.10 Å². The van der Waals surface area contributed by atoms with E-state index in [2.05, 4.69) is 21.0 Å². The van der Waals surface area contributed by atoms with Crippen molar-refractivity contribution in [2.45, 2.75) is 13.3 Å². The Labute approximate surface area is 78.3 Å². The first-order chi connectivity index (χ1) is 5.57. The van der Waals surface area contributed by atoms with Crippen LogP contribution in [0.5, 0.6) is 0 Å². The van der Waals surface area contributed by atoms with Crippen LogP contribution in [-0.4, -0.2) is 20.9 Å². The van der Waals surface area contributed by atoms with Crippen molar-refractivity contribution in [3.05, 3.63) is 15.9 Å². The van der Waals surface area contributed by atoms with Crippen LogP contribution >= 0.6 is 15.9 Å². The summed E-state index contributed by atoms with van der Waals surface area (Å²) in [5, 5.41) is 12.8. The molecule has 0 aromatic carbocycles. The van der Waals surface area contributed by atoms with Crippen molar-refractivity contribution < 1.29 is 9.90 Å². The van der Waals surface area contributed by atoms with E-state index in [-0.39, 0.29) is 5.69 Å². The lowest BCUT2D eigenvalue weighted by molar-refractivity contribution is 0.0684. The van der Waals surface area contributed by atoms with Gasteiger partial charge >= 0.3 is 5.97 Å². The molecule has 0 aliphatic heterocycles. The lowest BCUT2D eigenvalue weighted by atomic mass is 10.2. The largest absolute Gasteiger partial charge is 0.477 e. The standard InChI is InChI=1S/C7H9BrN2O2/c1-3-4-5(7(11)12)10(2)9-6(4)8/h3H2,1-2H3,(H,11,12). The Morgan fingerprint density at radius 3 is 2.67 bits per heavy atom. The number of hydrogen-bond acceptors (Lipinski definition) is 2. The molecular weight excluding hydrogens is 224 g/mol. The minimum Gasteiger partial charge on any atom is -0.477 e. The predicted molar refractivity (Wildman–Crippen MR) is 47.2 cm³/mol. The zero-order valence-electron chi connectivity index (χ0n) is 6.83. The Hall–Kier alpha value is -0.840. The van der Waals surface area contributed by atoms with Crippen LogP contribution in [0.1, 0.15) is 23.0 Å². The van der Waals surface area contributed by atoms with Crippen molar-refractivity contribution in [3.8, 4) is 0 Å². The number of rotatable bonds is 2. The first-order valence-electron chi connectivity index (χ1n) is 3.52. The van der Waals surface area contributed by atoms with Crippen LogP contribution in [0.15, 0.2) is 4.60 Å². The predicted octanol–water partition coefficient (Wildman–Crippen LogP) is 1.44. The molecule has 0 saturated heterocycles. The van der Waals surface area contributed by atoms with Crippen molar-refractivity contribution in [2.24, 2.45) is 7.05 Å². The van der Waals surface area contributed by atoms with E-state index in [9.17, 15) is 4.79 Å². The van der Waals surface area contributed by atoms with E-state index in [1.807, 2.05) is 6.92 Å². The van der Waals surface area contributed by atoms with Crippen LogP contribution in [0.25, 0.3) is 0 Å². The molecule has 5 heteroatoms. The number of aryl methyl sites for hydroxylation is 1. The molecule has 1 N–H and O–H groups in total. The monoisotopic (exact) mass is 232 g/mol. The Bertz CT molecular complexity index is 319. The third-order valence-corrected chi connectivity index (χ3v) is 2.29. The highest BCUT2D eigenvalue weighted by atomic mass is 79.9. The second kappa shape index (κ2) is 3.26. The molecule has 0 saturated carbocycles. The fourth-order valence-electron chi connectivity index (χ4n) is 1.12. The van der Waals surface area contributed by atoms with Gasteiger partial charge in [0.2, 0.25) is 0 Å². The van der Waals surface area contributed by atoms with E-state index in [0.29, 0.717) is 11.0 Å². The Kier molecular flexibility index (Phi) is 2.52. The summed E-state index contributed by atoms with van der Waals surface area (Å²) in [6.07, 6.45) is 0.663. The van der Waals surface area contributed by atoms with Crippen molar-refractivity contribution in [1.29, 1.82) is 0 Å². The molecule has 0 aliphatic rings. The van der Waals surface area contributed by atoms with E-state index in [1.165, 1.54) is 4.68 Å². The van der Waals surface area contributed by atoms with Crippen LogP contribution in [-0.2, 0) is 13.5 Å². The maximum atomic E-state index is 10.7. The maximum absolute atomic E-state index is 10.7. The maximum Gasteiger partial charge on any atom is 0.354 e. The highest BCUT2D eigenvalue weighted by molar-refractivity contribution is 9.10. The minimum absolute atomic E-state index is 0.254. The number of carboxylic acids is 1. The molecule has 0 bridgehead atoms. The number of nitrogens with zero attached hydrogens (tertiary/aromatic N) is 2. The van der Waals surface area contributed by atoms with Crippen molar-refractivity contribution in [1.82, 2.24) is 9.78 Å². The van der Waals surface area contributed by atoms with Gasteiger partial charge in [0, 0.05) is 12.6 Å². The molecule has 4 nitrogen and oxygen atoms in total. The molecule has 0 unspecified atom stereocenters. The molecule has 1 rings (SSSR count). The second-order valence-electron chi connectivity index (χ2n) is 2.40. The van der Waals surface area contributed by atoms with Crippen LogP contribution in [0.3, 0.4) is 0 Å². The summed E-state index contributed by atoms with van der Waals surface area (Å²) in [5.74, 6) is -0.937. The zero-order chi connectivity index (χ0) is 9.30. The average Bonchev–Trinajstić information content (AvgIpc) is 2.24. The van der Waals surface area contributed by atoms with Crippen LogP contribution in [0.2, 0.25) is 0 Å². The number of aromatic nitrogens is 2. The van der Waals surface area contributed by atoms with Crippen LogP contribution < -0.4 is 0 Å². The Morgan fingerprint density at radius 2 is 2.33 bits per heavy atom. The molecule has 0 fully saturated rings. The summed E-state index contributed by atoms with van der Waals surface area (Å²) in [4.78, 5) is 10.7. The second-order valence-corrected chi connectivity index (χ2v) is 3.15. The summed E-state index contributed by atoms with van der Waals surface area (Å²) in [6.45, 7) is 1.90. The van der Waals surface area contributed by atoms with Crippen molar-refractivity contribution in [2.75, 3.05) is 0 Å². The first kappa shape index (κ1) is 9.25. The van der Waals surface area contributed by atoms with Gasteiger partial charge in [-0.05, 0) is 22.4 Å². The van der Waals surface area contributed by atoms with Gasteiger partial charge in [0.15, 0.2) is 0 Å². The summed E-state index contributed by atoms with van der Waals surface area (Å²) in [7, 11) is 1.62. The summed E-state index contributed by atoms with van der Waals surface area (Å²) in [5.41, 5.74) is 0.995. The van der Waals surface area contributed by atoms with Gasteiger partial charge in [-0.3, -0.25) is 4.68 Å². The summed E-state index contributed by atoms with van der Waals surface area (Å²) in [6, 6.07) is 0. The lowest BCUT2D eigenvalue weighted by Gasteiger charge is -1.96. The Balaban J connectivity index is 3.32. The SMILES string of the molecule is CCc1c(Br)nn(C)c1C(=O)O. The highest BCUT2D eigenvalue weighted by Gasteiger charge is 2.17. The molecule has 1 aromatic rings. The number of halogens is 1. The quantitative estimate of drug-likeness (QED) is 0.840. The van der Waals surface area contributed by atoms with Gasteiger partial charge in [-0.1, -0.05) is 6.92 Å². The van der Waals surface area contributed by atoms with Gasteiger partial charge in [-0.15, -0.1) is 0 Å². The zero-order valence-corrected chi connectivity index (χ0v) is 8.42. The first-order valence-corrected chi connectivity index (χ1v) is 4.31. The smallest absolute Gasteiger partial charge is 0.354 e. The normalized spacial score (nSPS) is 10.2. The van der Waals surface area contributed by atoms with Crippen molar-refractivity contribution >= 4 is 21.9 Å². The lowest BCUT2D eigenvalue weighted by Crippen LogP contribution is -2.07. The molecule has 0 atom stereocenters. The molecule has 0 amide bonds. The van der Waals surface area contributed by atoms with E-state index in [4.69, 9.17) is 5.11 Å². The number of aromatic carboxylic acids is 1. The van der Waals surface area contributed by atoms with Gasteiger partial charge in [-0.25, -0.2) is 4.79 Å². The van der Waals surface area contributed by atoms with Gasteiger partial charge in [0.05, 0.1) is 0 Å². The van der Waals surface area contributed by atoms with Gasteiger partial charge in [0.25, 0.3) is 0 Å². The van der Waals surface area contributed by atoms with E-state index in [0.717, 1.165) is 5.56 Å². The summed E-state index contributed by atoms with van der Waals surface area (Å²) >= 11 is 3.20. The van der Waals surface area contributed by atoms with Crippen LogP contribution in [0.4, 0.5) is 0 Å². The van der Waals surface area contributed by atoms with Gasteiger partial charge in [0.1, 0.15) is 10.3 Å². The number of hydrogen-bond donors (Lipinski definition) is 1. The van der Waals surface area contributed by atoms with Crippen LogP contribution in [0, 0.1) is 0 Å². The summed E-state index contributed by atoms with van der Waals surface area (Å²) < 4.78 is 1.98. The fraction of sp³-hybridized carbons (Fsp3) is 0.429. The third-order valence-electron chi connectivity index (χ3n) is 1.65. The molecule has 0 spiro atoms.